The van der Waals surface area contributed by atoms with Crippen LogP contribution >= 0.6 is 0 Å². The van der Waals surface area contributed by atoms with E-state index in [9.17, 15) is 14.0 Å². The molecule has 0 aliphatic heterocycles. The van der Waals surface area contributed by atoms with Gasteiger partial charge in [-0.1, -0.05) is 0 Å². The van der Waals surface area contributed by atoms with E-state index in [1.54, 1.807) is 6.92 Å². The number of carbonyl (C=O) groups excluding carboxylic acids is 1. The number of halogens is 1. The zero-order valence-electron chi connectivity index (χ0n) is 12.1. The predicted molar refractivity (Wildman–Crippen MR) is 78.1 cm³/mol. The third-order valence-electron chi connectivity index (χ3n) is 2.84. The Morgan fingerprint density at radius 3 is 2.77 bits per heavy atom. The monoisotopic (exact) mass is 305 g/mol. The van der Waals surface area contributed by atoms with Crippen LogP contribution in [0, 0.1) is 12.7 Å². The summed E-state index contributed by atoms with van der Waals surface area (Å²) in [4.78, 5) is 27.3. The van der Waals surface area contributed by atoms with Crippen molar-refractivity contribution in [1.29, 1.82) is 0 Å². The van der Waals surface area contributed by atoms with Crippen molar-refractivity contribution in [2.75, 3.05) is 13.2 Å². The smallest absolute Gasteiger partial charge is 0.253 e. The van der Waals surface area contributed by atoms with Crippen LogP contribution in [0.25, 0.3) is 0 Å². The van der Waals surface area contributed by atoms with Crippen LogP contribution in [0.15, 0.2) is 41.5 Å². The molecule has 0 atom stereocenters. The number of hydrogen-bond donors (Lipinski definition) is 1. The van der Waals surface area contributed by atoms with Gasteiger partial charge in [-0.05, 0) is 31.2 Å². The van der Waals surface area contributed by atoms with Gasteiger partial charge >= 0.3 is 0 Å². The molecule has 0 radical (unpaired) electrons. The molecule has 7 heteroatoms. The Bertz CT molecular complexity index is 698. The van der Waals surface area contributed by atoms with Crippen molar-refractivity contribution in [3.8, 4) is 5.75 Å². The van der Waals surface area contributed by atoms with E-state index in [0.717, 1.165) is 0 Å². The standard InChI is InChI=1S/C15H16FN3O3/c1-11-8-15(21)19(10-18-11)9-14(20)17-6-7-22-13-4-2-12(16)3-5-13/h2-5,8,10H,6-7,9H2,1H3,(H,17,20). The molecule has 0 saturated carbocycles. The topological polar surface area (TPSA) is 73.2 Å². The van der Waals surface area contributed by atoms with Gasteiger partial charge in [-0.2, -0.15) is 0 Å². The molecule has 0 saturated heterocycles. The van der Waals surface area contributed by atoms with Gasteiger partial charge in [0.05, 0.1) is 12.9 Å². The maximum Gasteiger partial charge on any atom is 0.253 e. The van der Waals surface area contributed by atoms with Crippen molar-refractivity contribution in [1.82, 2.24) is 14.9 Å². The van der Waals surface area contributed by atoms with E-state index < -0.39 is 0 Å². The minimum Gasteiger partial charge on any atom is -0.492 e. The second-order valence-electron chi connectivity index (χ2n) is 4.65. The number of rotatable bonds is 6. The summed E-state index contributed by atoms with van der Waals surface area (Å²) in [6.07, 6.45) is 1.34. The molecule has 2 rings (SSSR count). The molecule has 0 fully saturated rings. The first-order valence-corrected chi connectivity index (χ1v) is 6.73. The van der Waals surface area contributed by atoms with Gasteiger partial charge in [-0.3, -0.25) is 14.2 Å². The molecule has 116 valence electrons. The van der Waals surface area contributed by atoms with E-state index >= 15 is 0 Å². The van der Waals surface area contributed by atoms with E-state index in [-0.39, 0.29) is 37.0 Å². The lowest BCUT2D eigenvalue weighted by Gasteiger charge is -2.08. The van der Waals surface area contributed by atoms with Gasteiger partial charge in [-0.25, -0.2) is 9.37 Å². The summed E-state index contributed by atoms with van der Waals surface area (Å²) >= 11 is 0. The Kier molecular flexibility index (Phi) is 5.24. The van der Waals surface area contributed by atoms with Crippen molar-refractivity contribution < 1.29 is 13.9 Å². The van der Waals surface area contributed by atoms with Crippen molar-refractivity contribution in [3.63, 3.8) is 0 Å². The fraction of sp³-hybridized carbons (Fsp3) is 0.267. The van der Waals surface area contributed by atoms with Crippen LogP contribution < -0.4 is 15.6 Å². The summed E-state index contributed by atoms with van der Waals surface area (Å²) in [5.41, 5.74) is 0.333. The molecule has 0 spiro atoms. The summed E-state index contributed by atoms with van der Waals surface area (Å²) in [7, 11) is 0. The molecule has 0 bridgehead atoms. The summed E-state index contributed by atoms with van der Waals surface area (Å²) < 4.78 is 19.3. The third kappa shape index (κ3) is 4.69. The van der Waals surface area contributed by atoms with Crippen LogP contribution in [0.2, 0.25) is 0 Å². The zero-order valence-corrected chi connectivity index (χ0v) is 12.1. The molecule has 2 aromatic rings. The number of nitrogens with zero attached hydrogens (tertiary/aromatic N) is 2. The Hall–Kier alpha value is -2.70. The SMILES string of the molecule is Cc1cc(=O)n(CC(=O)NCCOc2ccc(F)cc2)cn1. The van der Waals surface area contributed by atoms with Crippen molar-refractivity contribution >= 4 is 5.91 Å². The lowest BCUT2D eigenvalue weighted by molar-refractivity contribution is -0.121. The Balaban J connectivity index is 1.73. The average molecular weight is 305 g/mol. The van der Waals surface area contributed by atoms with E-state index in [1.807, 2.05) is 0 Å². The highest BCUT2D eigenvalue weighted by atomic mass is 19.1. The van der Waals surface area contributed by atoms with Gasteiger partial charge in [0.1, 0.15) is 24.7 Å². The first-order valence-electron chi connectivity index (χ1n) is 6.73. The van der Waals surface area contributed by atoms with Crippen LogP contribution in [-0.2, 0) is 11.3 Å². The van der Waals surface area contributed by atoms with Gasteiger partial charge in [0.25, 0.3) is 5.56 Å². The fourth-order valence-corrected chi connectivity index (χ4v) is 1.74. The second kappa shape index (κ2) is 7.35. The van der Waals surface area contributed by atoms with Gasteiger partial charge in [0.2, 0.25) is 5.91 Å². The molecular weight excluding hydrogens is 289 g/mol. The minimum absolute atomic E-state index is 0.0946. The van der Waals surface area contributed by atoms with Crippen LogP contribution in [0.3, 0.4) is 0 Å². The quantitative estimate of drug-likeness (QED) is 0.804. The summed E-state index contributed by atoms with van der Waals surface area (Å²) in [6, 6.07) is 6.98. The summed E-state index contributed by atoms with van der Waals surface area (Å²) in [5.74, 6) is -0.122. The number of hydrogen-bond acceptors (Lipinski definition) is 4. The Morgan fingerprint density at radius 2 is 2.09 bits per heavy atom. The van der Waals surface area contributed by atoms with Crippen LogP contribution in [0.5, 0.6) is 5.75 Å². The van der Waals surface area contributed by atoms with E-state index in [4.69, 9.17) is 4.74 Å². The summed E-state index contributed by atoms with van der Waals surface area (Å²) in [5, 5.41) is 2.63. The molecule has 22 heavy (non-hydrogen) atoms. The zero-order chi connectivity index (χ0) is 15.9. The first-order chi connectivity index (χ1) is 10.5. The molecule has 6 nitrogen and oxygen atoms in total. The largest absolute Gasteiger partial charge is 0.492 e. The maximum absolute atomic E-state index is 12.7. The molecule has 0 aliphatic carbocycles. The predicted octanol–water partition coefficient (Wildman–Crippen LogP) is 0.886. The number of carbonyl (C=O) groups is 1. The maximum atomic E-state index is 12.7. The minimum atomic E-state index is -0.335. The van der Waals surface area contributed by atoms with Crippen LogP contribution in [-0.4, -0.2) is 28.6 Å². The van der Waals surface area contributed by atoms with Crippen LogP contribution in [0.4, 0.5) is 4.39 Å². The van der Waals surface area contributed by atoms with E-state index in [1.165, 1.54) is 41.2 Å². The lowest BCUT2D eigenvalue weighted by atomic mass is 10.3. The van der Waals surface area contributed by atoms with E-state index in [0.29, 0.717) is 11.4 Å². The normalized spacial score (nSPS) is 10.3. The molecule has 1 aromatic carbocycles. The van der Waals surface area contributed by atoms with Crippen LogP contribution in [0.1, 0.15) is 5.69 Å². The highest BCUT2D eigenvalue weighted by Gasteiger charge is 2.04. The number of nitrogens with one attached hydrogen (secondary N) is 1. The fourth-order valence-electron chi connectivity index (χ4n) is 1.74. The molecular formula is C15H16FN3O3. The number of ether oxygens (including phenoxy) is 1. The van der Waals surface area contributed by atoms with Gasteiger partial charge < -0.3 is 10.1 Å². The molecule has 0 unspecified atom stereocenters. The number of benzene rings is 1. The number of aromatic nitrogens is 2. The Morgan fingerprint density at radius 1 is 1.36 bits per heavy atom. The molecule has 1 aromatic heterocycles. The van der Waals surface area contributed by atoms with Crippen molar-refractivity contribution in [3.05, 3.63) is 58.5 Å². The number of aryl methyl sites for hydroxylation is 1. The Labute approximate surface area is 126 Å². The number of amides is 1. The van der Waals surface area contributed by atoms with Crippen molar-refractivity contribution in [2.45, 2.75) is 13.5 Å². The van der Waals surface area contributed by atoms with Gasteiger partial charge in [-0.15, -0.1) is 0 Å². The van der Waals surface area contributed by atoms with Gasteiger partial charge in [0, 0.05) is 11.8 Å². The molecule has 1 amide bonds. The third-order valence-corrected chi connectivity index (χ3v) is 2.84. The molecule has 0 aliphatic rings. The molecule has 1 N–H and O–H groups in total. The van der Waals surface area contributed by atoms with Crippen molar-refractivity contribution in [2.24, 2.45) is 0 Å². The lowest BCUT2D eigenvalue weighted by Crippen LogP contribution is -2.34. The second-order valence-corrected chi connectivity index (χ2v) is 4.65. The summed E-state index contributed by atoms with van der Waals surface area (Å²) in [6.45, 7) is 2.14. The highest BCUT2D eigenvalue weighted by Crippen LogP contribution is 2.10. The molecule has 1 heterocycles. The van der Waals surface area contributed by atoms with E-state index in [2.05, 4.69) is 10.3 Å². The highest BCUT2D eigenvalue weighted by molar-refractivity contribution is 5.75. The first kappa shape index (κ1) is 15.7. The average Bonchev–Trinajstić information content (AvgIpc) is 2.48. The van der Waals surface area contributed by atoms with Gasteiger partial charge in [0.15, 0.2) is 0 Å².